The number of hydrogen-bond donors (Lipinski definition) is 1. The lowest BCUT2D eigenvalue weighted by atomic mass is 10.00. The number of benzene rings is 1. The van der Waals surface area contributed by atoms with Crippen LogP contribution in [0.5, 0.6) is 0 Å². The number of rotatable bonds is 3. The molecule has 0 bridgehead atoms. The molecule has 0 aromatic heterocycles. The average molecular weight is 303 g/mol. The van der Waals surface area contributed by atoms with E-state index in [1.54, 1.807) is 46.9 Å². The molecular formula is C17H21NO4. The second-order valence-corrected chi connectivity index (χ2v) is 6.03. The molecule has 0 fully saturated rings. The zero-order valence-electron chi connectivity index (χ0n) is 13.6. The first-order valence-electron chi connectivity index (χ1n) is 6.84. The van der Waals surface area contributed by atoms with E-state index in [-0.39, 0.29) is 6.42 Å². The quantitative estimate of drug-likeness (QED) is 0.872. The van der Waals surface area contributed by atoms with Crippen LogP contribution in [0, 0.1) is 19.3 Å². The van der Waals surface area contributed by atoms with Crippen LogP contribution in [0.1, 0.15) is 37.5 Å². The van der Waals surface area contributed by atoms with Crippen molar-refractivity contribution in [2.75, 3.05) is 11.9 Å². The van der Waals surface area contributed by atoms with Crippen molar-refractivity contribution in [2.45, 2.75) is 39.7 Å². The number of carbonyl (C=O) groups is 2. The van der Waals surface area contributed by atoms with Crippen molar-refractivity contribution in [1.29, 1.82) is 0 Å². The molecule has 0 spiro atoms. The third-order valence-electron chi connectivity index (χ3n) is 3.02. The summed E-state index contributed by atoms with van der Waals surface area (Å²) in [5.41, 5.74) is 1.71. The summed E-state index contributed by atoms with van der Waals surface area (Å²) in [4.78, 5) is 24.5. The second-order valence-electron chi connectivity index (χ2n) is 6.03. The third-order valence-corrected chi connectivity index (χ3v) is 3.02. The molecule has 1 amide bonds. The Hall–Kier alpha value is -2.48. The van der Waals surface area contributed by atoms with Gasteiger partial charge in [-0.15, -0.1) is 6.42 Å². The highest BCUT2D eigenvalue weighted by Crippen LogP contribution is 2.26. The van der Waals surface area contributed by atoms with Gasteiger partial charge in [0.15, 0.2) is 0 Å². The average Bonchev–Trinajstić information content (AvgIpc) is 2.37. The van der Waals surface area contributed by atoms with E-state index in [0.717, 1.165) is 0 Å². The van der Waals surface area contributed by atoms with Crippen molar-refractivity contribution >= 4 is 17.7 Å². The highest BCUT2D eigenvalue weighted by atomic mass is 16.6. The molecule has 1 aromatic carbocycles. The van der Waals surface area contributed by atoms with Gasteiger partial charge in [-0.25, -0.2) is 4.79 Å². The normalized spacial score (nSPS) is 10.7. The number of carboxylic acid groups (broad SMARTS) is 1. The summed E-state index contributed by atoms with van der Waals surface area (Å²) < 4.78 is 5.32. The van der Waals surface area contributed by atoms with Gasteiger partial charge in [0, 0.05) is 12.6 Å². The molecule has 5 nitrogen and oxygen atoms in total. The van der Waals surface area contributed by atoms with Crippen LogP contribution in [0.3, 0.4) is 0 Å². The molecule has 118 valence electrons. The van der Waals surface area contributed by atoms with Gasteiger partial charge in [0.1, 0.15) is 5.60 Å². The maximum Gasteiger partial charge on any atom is 0.414 e. The summed E-state index contributed by atoms with van der Waals surface area (Å²) in [6.45, 7) is 7.09. The summed E-state index contributed by atoms with van der Waals surface area (Å²) in [7, 11) is 1.57. The Morgan fingerprint density at radius 2 is 1.95 bits per heavy atom. The molecule has 0 saturated heterocycles. The zero-order chi connectivity index (χ0) is 17.1. The van der Waals surface area contributed by atoms with Crippen molar-refractivity contribution in [3.05, 3.63) is 28.8 Å². The Morgan fingerprint density at radius 1 is 1.36 bits per heavy atom. The number of carbonyl (C=O) groups excluding carboxylic acids is 1. The Bertz CT molecular complexity index is 635. The van der Waals surface area contributed by atoms with E-state index in [1.165, 1.54) is 4.90 Å². The van der Waals surface area contributed by atoms with Gasteiger partial charge in [-0.2, -0.15) is 0 Å². The molecule has 0 aliphatic heterocycles. The van der Waals surface area contributed by atoms with Crippen LogP contribution in [0.15, 0.2) is 12.1 Å². The predicted octanol–water partition coefficient (Wildman–Crippen LogP) is 2.97. The Kier molecular flexibility index (Phi) is 5.21. The van der Waals surface area contributed by atoms with Crippen LogP contribution in [-0.4, -0.2) is 29.8 Å². The van der Waals surface area contributed by atoms with Crippen molar-refractivity contribution in [2.24, 2.45) is 0 Å². The van der Waals surface area contributed by atoms with E-state index in [1.807, 2.05) is 0 Å². The van der Waals surface area contributed by atoms with Crippen molar-refractivity contribution in [1.82, 2.24) is 0 Å². The van der Waals surface area contributed by atoms with Crippen molar-refractivity contribution in [3.63, 3.8) is 0 Å². The summed E-state index contributed by atoms with van der Waals surface area (Å²) in [6.07, 6.45) is 4.74. The monoisotopic (exact) mass is 303 g/mol. The van der Waals surface area contributed by atoms with Gasteiger partial charge in [0.05, 0.1) is 12.1 Å². The number of carboxylic acids is 1. The highest BCUT2D eigenvalue weighted by Gasteiger charge is 2.23. The first-order valence-corrected chi connectivity index (χ1v) is 6.84. The molecule has 0 aliphatic rings. The van der Waals surface area contributed by atoms with Crippen LogP contribution in [0.4, 0.5) is 10.5 Å². The molecule has 0 heterocycles. The van der Waals surface area contributed by atoms with Crippen LogP contribution in [-0.2, 0) is 16.0 Å². The minimum atomic E-state index is -0.955. The Labute approximate surface area is 130 Å². The largest absolute Gasteiger partial charge is 0.481 e. The van der Waals surface area contributed by atoms with E-state index in [0.29, 0.717) is 22.4 Å². The van der Waals surface area contributed by atoms with Crippen molar-refractivity contribution < 1.29 is 19.4 Å². The fourth-order valence-corrected chi connectivity index (χ4v) is 1.96. The van der Waals surface area contributed by atoms with Gasteiger partial charge >= 0.3 is 12.1 Å². The van der Waals surface area contributed by atoms with E-state index in [4.69, 9.17) is 16.3 Å². The number of ether oxygens (including phenoxy) is 1. The van der Waals surface area contributed by atoms with E-state index >= 15 is 0 Å². The van der Waals surface area contributed by atoms with Gasteiger partial charge in [-0.1, -0.05) is 5.92 Å². The number of terminal acetylenes is 1. The van der Waals surface area contributed by atoms with Gasteiger partial charge in [-0.3, -0.25) is 9.69 Å². The van der Waals surface area contributed by atoms with Crippen molar-refractivity contribution in [3.8, 4) is 12.3 Å². The number of amides is 1. The number of aliphatic carboxylic acids is 1. The minimum absolute atomic E-state index is 0.156. The fourth-order valence-electron chi connectivity index (χ4n) is 1.96. The Morgan fingerprint density at radius 3 is 2.41 bits per heavy atom. The molecule has 0 aliphatic carbocycles. The molecule has 22 heavy (non-hydrogen) atoms. The summed E-state index contributed by atoms with van der Waals surface area (Å²) in [5, 5.41) is 8.99. The first kappa shape index (κ1) is 17.6. The molecule has 0 radical (unpaired) electrons. The van der Waals surface area contributed by atoms with Crippen LogP contribution in [0.2, 0.25) is 0 Å². The third kappa shape index (κ3) is 4.52. The molecule has 1 aromatic rings. The van der Waals surface area contributed by atoms with E-state index < -0.39 is 17.7 Å². The van der Waals surface area contributed by atoms with Gasteiger partial charge in [0.2, 0.25) is 0 Å². The molecule has 0 saturated carbocycles. The topological polar surface area (TPSA) is 66.8 Å². The molecule has 0 atom stereocenters. The second kappa shape index (κ2) is 6.52. The first-order chi connectivity index (χ1) is 10.0. The van der Waals surface area contributed by atoms with Gasteiger partial charge in [0.25, 0.3) is 0 Å². The highest BCUT2D eigenvalue weighted by molar-refractivity contribution is 5.89. The van der Waals surface area contributed by atoms with Gasteiger partial charge in [-0.05, 0) is 51.0 Å². The predicted molar refractivity (Wildman–Crippen MR) is 85.1 cm³/mol. The lowest BCUT2D eigenvalue weighted by molar-refractivity contribution is -0.136. The molecule has 1 N–H and O–H groups in total. The summed E-state index contributed by atoms with van der Waals surface area (Å²) >= 11 is 0. The van der Waals surface area contributed by atoms with Crippen LogP contribution < -0.4 is 4.90 Å². The number of anilines is 1. The maximum atomic E-state index is 12.2. The molecule has 1 rings (SSSR count). The maximum absolute atomic E-state index is 12.2. The van der Waals surface area contributed by atoms with Crippen LogP contribution >= 0.6 is 0 Å². The summed E-state index contributed by atoms with van der Waals surface area (Å²) in [6, 6.07) is 3.32. The zero-order valence-corrected chi connectivity index (χ0v) is 13.6. The minimum Gasteiger partial charge on any atom is -0.481 e. The molecular weight excluding hydrogens is 282 g/mol. The smallest absolute Gasteiger partial charge is 0.414 e. The standard InChI is InChI=1S/C17H21NO4/c1-7-12-8-13(10-15(19)20)11(2)14(9-12)18(6)16(21)22-17(3,4)5/h1,8-9H,10H2,2-6H3,(H,19,20). The summed E-state index contributed by atoms with van der Waals surface area (Å²) in [5.74, 6) is 1.52. The molecule has 0 unspecified atom stereocenters. The fraction of sp³-hybridized carbons (Fsp3) is 0.412. The number of nitrogens with zero attached hydrogens (tertiary/aromatic N) is 1. The van der Waals surface area contributed by atoms with E-state index in [2.05, 4.69) is 5.92 Å². The number of hydrogen-bond acceptors (Lipinski definition) is 3. The molecule has 5 heteroatoms. The van der Waals surface area contributed by atoms with Crippen LogP contribution in [0.25, 0.3) is 0 Å². The van der Waals surface area contributed by atoms with E-state index in [9.17, 15) is 9.59 Å². The lowest BCUT2D eigenvalue weighted by Crippen LogP contribution is -2.34. The van der Waals surface area contributed by atoms with Gasteiger partial charge < -0.3 is 9.84 Å². The Balaban J connectivity index is 3.25. The lowest BCUT2D eigenvalue weighted by Gasteiger charge is -2.26. The SMILES string of the molecule is C#Cc1cc(CC(=O)O)c(C)c(N(C)C(=O)OC(C)(C)C)c1.